The van der Waals surface area contributed by atoms with Crippen molar-refractivity contribution >= 4 is 9.84 Å². The highest BCUT2D eigenvalue weighted by atomic mass is 32.2. The lowest BCUT2D eigenvalue weighted by Gasteiger charge is -2.35. The Morgan fingerprint density at radius 2 is 2.12 bits per heavy atom. The van der Waals surface area contributed by atoms with Gasteiger partial charge in [-0.05, 0) is 38.1 Å². The zero-order chi connectivity index (χ0) is 11.8. The predicted octanol–water partition coefficient (Wildman–Crippen LogP) is 0.234. The molecule has 2 N–H and O–H groups in total. The molecule has 1 saturated heterocycles. The molecule has 1 heterocycles. The Morgan fingerprint density at radius 1 is 1.44 bits per heavy atom. The summed E-state index contributed by atoms with van der Waals surface area (Å²) >= 11 is 0. The standard InChI is InChI=1S/C11H22N2O2S/c1-10-8-16(14,15)7-6-13(10)9-11(2-3-11)4-5-12/h10H,2-9,12H2,1H3. The molecule has 5 heteroatoms. The van der Waals surface area contributed by atoms with Gasteiger partial charge in [-0.2, -0.15) is 0 Å². The molecule has 0 bridgehead atoms. The van der Waals surface area contributed by atoms with Crippen LogP contribution in [0.4, 0.5) is 0 Å². The summed E-state index contributed by atoms with van der Waals surface area (Å²) in [6, 6.07) is 0.175. The highest BCUT2D eigenvalue weighted by molar-refractivity contribution is 7.91. The molecule has 0 amide bonds. The van der Waals surface area contributed by atoms with E-state index in [0.29, 0.717) is 23.5 Å². The normalized spacial score (nSPS) is 32.5. The topological polar surface area (TPSA) is 63.4 Å². The Balaban J connectivity index is 1.92. The SMILES string of the molecule is CC1CS(=O)(=O)CCN1CC1(CCN)CC1. The van der Waals surface area contributed by atoms with Crippen LogP contribution in [0.5, 0.6) is 0 Å². The molecule has 1 aliphatic heterocycles. The van der Waals surface area contributed by atoms with Crippen LogP contribution in [0, 0.1) is 5.41 Å². The summed E-state index contributed by atoms with van der Waals surface area (Å²) in [6.07, 6.45) is 3.61. The molecular weight excluding hydrogens is 224 g/mol. The van der Waals surface area contributed by atoms with Crippen molar-refractivity contribution in [2.24, 2.45) is 11.1 Å². The second-order valence-electron chi connectivity index (χ2n) is 5.47. The number of nitrogens with two attached hydrogens (primary N) is 1. The summed E-state index contributed by atoms with van der Waals surface area (Å²) in [5.74, 6) is 0.655. The number of hydrogen-bond donors (Lipinski definition) is 1. The summed E-state index contributed by atoms with van der Waals surface area (Å²) in [7, 11) is -2.78. The van der Waals surface area contributed by atoms with Gasteiger partial charge in [0.15, 0.2) is 9.84 Å². The number of hydrogen-bond acceptors (Lipinski definition) is 4. The fourth-order valence-electron chi connectivity index (χ4n) is 2.67. The van der Waals surface area contributed by atoms with Gasteiger partial charge < -0.3 is 5.73 Å². The average molecular weight is 246 g/mol. The third kappa shape index (κ3) is 2.76. The van der Waals surface area contributed by atoms with Gasteiger partial charge in [0, 0.05) is 19.1 Å². The molecule has 0 aromatic heterocycles. The first-order valence-corrected chi connectivity index (χ1v) is 7.93. The monoisotopic (exact) mass is 246 g/mol. The molecule has 16 heavy (non-hydrogen) atoms. The Kier molecular flexibility index (Phi) is 3.29. The van der Waals surface area contributed by atoms with Crippen LogP contribution in [-0.4, -0.2) is 50.5 Å². The molecule has 1 aliphatic carbocycles. The number of sulfone groups is 1. The van der Waals surface area contributed by atoms with Crippen molar-refractivity contribution in [3.63, 3.8) is 0 Å². The van der Waals surface area contributed by atoms with E-state index in [1.54, 1.807) is 0 Å². The molecule has 0 radical (unpaired) electrons. The maximum atomic E-state index is 11.5. The Labute approximate surface area is 98.1 Å². The van der Waals surface area contributed by atoms with Gasteiger partial charge in [0.2, 0.25) is 0 Å². The van der Waals surface area contributed by atoms with E-state index in [2.05, 4.69) is 4.90 Å². The number of rotatable bonds is 4. The Morgan fingerprint density at radius 3 is 2.62 bits per heavy atom. The van der Waals surface area contributed by atoms with Crippen LogP contribution in [0.2, 0.25) is 0 Å². The first-order chi connectivity index (χ1) is 7.46. The molecule has 2 fully saturated rings. The average Bonchev–Trinajstić information content (AvgIpc) is 2.91. The highest BCUT2D eigenvalue weighted by Crippen LogP contribution is 2.49. The van der Waals surface area contributed by atoms with Gasteiger partial charge in [-0.3, -0.25) is 4.90 Å². The first kappa shape index (κ1) is 12.3. The molecule has 1 saturated carbocycles. The smallest absolute Gasteiger partial charge is 0.153 e. The molecule has 94 valence electrons. The van der Waals surface area contributed by atoms with Crippen LogP contribution in [0.3, 0.4) is 0 Å². The van der Waals surface area contributed by atoms with E-state index in [4.69, 9.17) is 5.73 Å². The molecular formula is C11H22N2O2S. The van der Waals surface area contributed by atoms with Crippen molar-refractivity contribution in [2.75, 3.05) is 31.1 Å². The van der Waals surface area contributed by atoms with E-state index < -0.39 is 9.84 Å². The predicted molar refractivity (Wildman–Crippen MR) is 65.0 cm³/mol. The first-order valence-electron chi connectivity index (χ1n) is 6.11. The van der Waals surface area contributed by atoms with E-state index in [1.165, 1.54) is 12.8 Å². The van der Waals surface area contributed by atoms with E-state index in [9.17, 15) is 8.42 Å². The second kappa shape index (κ2) is 4.27. The maximum Gasteiger partial charge on any atom is 0.153 e. The largest absolute Gasteiger partial charge is 0.330 e. The second-order valence-corrected chi connectivity index (χ2v) is 7.70. The fraction of sp³-hybridized carbons (Fsp3) is 1.00. The molecule has 0 aromatic rings. The summed E-state index contributed by atoms with van der Waals surface area (Å²) < 4.78 is 22.9. The summed E-state index contributed by atoms with van der Waals surface area (Å²) in [6.45, 7) is 4.52. The zero-order valence-corrected chi connectivity index (χ0v) is 10.8. The third-order valence-electron chi connectivity index (χ3n) is 3.98. The van der Waals surface area contributed by atoms with Crippen LogP contribution in [0.1, 0.15) is 26.2 Å². The molecule has 1 atom stereocenters. The maximum absolute atomic E-state index is 11.5. The van der Waals surface area contributed by atoms with Crippen LogP contribution in [0.25, 0.3) is 0 Å². The fourth-order valence-corrected chi connectivity index (χ4v) is 4.29. The van der Waals surface area contributed by atoms with Crippen LogP contribution >= 0.6 is 0 Å². The Bertz CT molecular complexity index is 349. The van der Waals surface area contributed by atoms with Crippen molar-refractivity contribution in [3.8, 4) is 0 Å². The van der Waals surface area contributed by atoms with E-state index in [-0.39, 0.29) is 6.04 Å². The van der Waals surface area contributed by atoms with Crippen molar-refractivity contribution < 1.29 is 8.42 Å². The zero-order valence-electron chi connectivity index (χ0n) is 9.98. The van der Waals surface area contributed by atoms with Gasteiger partial charge in [0.1, 0.15) is 0 Å². The van der Waals surface area contributed by atoms with E-state index in [1.807, 2.05) is 6.92 Å². The van der Waals surface area contributed by atoms with Gasteiger partial charge in [-0.15, -0.1) is 0 Å². The van der Waals surface area contributed by atoms with Gasteiger partial charge >= 0.3 is 0 Å². The third-order valence-corrected chi connectivity index (χ3v) is 5.77. The van der Waals surface area contributed by atoms with Crippen molar-refractivity contribution in [1.82, 2.24) is 4.90 Å². The summed E-state index contributed by atoms with van der Waals surface area (Å²) in [4.78, 5) is 2.34. The lowest BCUT2D eigenvalue weighted by molar-refractivity contribution is 0.177. The molecule has 1 unspecified atom stereocenters. The highest BCUT2D eigenvalue weighted by Gasteiger charge is 2.44. The van der Waals surface area contributed by atoms with E-state index >= 15 is 0 Å². The minimum absolute atomic E-state index is 0.175. The van der Waals surface area contributed by atoms with E-state index in [0.717, 1.165) is 19.5 Å². The van der Waals surface area contributed by atoms with Gasteiger partial charge in [-0.1, -0.05) is 0 Å². The minimum Gasteiger partial charge on any atom is -0.330 e. The van der Waals surface area contributed by atoms with Gasteiger partial charge in [-0.25, -0.2) is 8.42 Å². The van der Waals surface area contributed by atoms with Crippen LogP contribution in [0.15, 0.2) is 0 Å². The lowest BCUT2D eigenvalue weighted by atomic mass is 10.0. The van der Waals surface area contributed by atoms with Gasteiger partial charge in [0.25, 0.3) is 0 Å². The summed E-state index contributed by atoms with van der Waals surface area (Å²) in [5, 5.41) is 0. The molecule has 0 aromatic carbocycles. The van der Waals surface area contributed by atoms with Gasteiger partial charge in [0.05, 0.1) is 11.5 Å². The molecule has 2 aliphatic rings. The van der Waals surface area contributed by atoms with Crippen molar-refractivity contribution in [1.29, 1.82) is 0 Å². The summed E-state index contributed by atoms with van der Waals surface area (Å²) in [5.41, 5.74) is 6.04. The minimum atomic E-state index is -2.78. The van der Waals surface area contributed by atoms with Crippen molar-refractivity contribution in [2.45, 2.75) is 32.2 Å². The molecule has 2 rings (SSSR count). The lowest BCUT2D eigenvalue weighted by Crippen LogP contribution is -2.49. The van der Waals surface area contributed by atoms with Crippen LogP contribution in [-0.2, 0) is 9.84 Å². The molecule has 0 spiro atoms. The van der Waals surface area contributed by atoms with Crippen LogP contribution < -0.4 is 5.73 Å². The number of nitrogens with zero attached hydrogens (tertiary/aromatic N) is 1. The quantitative estimate of drug-likeness (QED) is 0.771. The Hall–Kier alpha value is -0.130. The molecule has 4 nitrogen and oxygen atoms in total. The van der Waals surface area contributed by atoms with Crippen molar-refractivity contribution in [3.05, 3.63) is 0 Å².